The summed E-state index contributed by atoms with van der Waals surface area (Å²) in [5.41, 5.74) is -0.638. The van der Waals surface area contributed by atoms with Gasteiger partial charge < -0.3 is 5.11 Å². The number of halogens is 2. The van der Waals surface area contributed by atoms with Crippen molar-refractivity contribution in [2.75, 3.05) is 0 Å². The molecule has 0 spiro atoms. The van der Waals surface area contributed by atoms with Gasteiger partial charge in [-0.1, -0.05) is 13.8 Å². The van der Waals surface area contributed by atoms with E-state index in [1.807, 2.05) is 13.8 Å². The average molecular weight is 288 g/mol. The zero-order valence-electron chi connectivity index (χ0n) is 10.6. The van der Waals surface area contributed by atoms with Crippen molar-refractivity contribution >= 4 is 22.8 Å². The second-order valence-electron chi connectivity index (χ2n) is 4.00. The first-order valence-electron chi connectivity index (χ1n) is 5.84. The van der Waals surface area contributed by atoms with E-state index in [0.29, 0.717) is 30.7 Å². The van der Waals surface area contributed by atoms with Crippen LogP contribution in [0.15, 0.2) is 17.0 Å². The van der Waals surface area contributed by atoms with Gasteiger partial charge in [0.15, 0.2) is 5.12 Å². The summed E-state index contributed by atoms with van der Waals surface area (Å²) >= 11 is 0.624. The normalized spacial score (nSPS) is 10.8. The molecule has 0 radical (unpaired) electrons. The maximum atomic E-state index is 13.5. The molecule has 0 aliphatic carbocycles. The summed E-state index contributed by atoms with van der Waals surface area (Å²) in [6.07, 6.45) is 1.24. The number of carboxylic acids is 1. The first kappa shape index (κ1) is 15.6. The lowest BCUT2D eigenvalue weighted by Gasteiger charge is -2.11. The molecular formula is C13H14F2O3S. The number of aromatic carboxylic acids is 1. The highest BCUT2D eigenvalue weighted by Gasteiger charge is 2.21. The van der Waals surface area contributed by atoms with Crippen LogP contribution in [0.3, 0.4) is 0 Å². The van der Waals surface area contributed by atoms with E-state index < -0.39 is 23.2 Å². The molecule has 19 heavy (non-hydrogen) atoms. The largest absolute Gasteiger partial charge is 0.478 e. The highest BCUT2D eigenvalue weighted by Crippen LogP contribution is 2.29. The van der Waals surface area contributed by atoms with Gasteiger partial charge in [0, 0.05) is 12.0 Å². The lowest BCUT2D eigenvalue weighted by Crippen LogP contribution is -2.09. The maximum absolute atomic E-state index is 13.5. The molecule has 1 N–H and O–H groups in total. The molecule has 0 saturated carbocycles. The Morgan fingerprint density at radius 3 is 2.26 bits per heavy atom. The van der Waals surface area contributed by atoms with E-state index in [1.165, 1.54) is 0 Å². The number of benzene rings is 1. The third-order valence-corrected chi connectivity index (χ3v) is 3.85. The van der Waals surface area contributed by atoms with E-state index in [4.69, 9.17) is 5.11 Å². The fraction of sp³-hybridized carbons (Fsp3) is 0.385. The van der Waals surface area contributed by atoms with Crippen molar-refractivity contribution in [3.63, 3.8) is 0 Å². The van der Waals surface area contributed by atoms with Crippen LogP contribution in [-0.4, -0.2) is 16.2 Å². The highest BCUT2D eigenvalue weighted by atomic mass is 32.2. The molecule has 0 aliphatic heterocycles. The van der Waals surface area contributed by atoms with Crippen molar-refractivity contribution in [2.45, 2.75) is 31.6 Å². The van der Waals surface area contributed by atoms with Crippen LogP contribution in [0.25, 0.3) is 0 Å². The summed E-state index contributed by atoms with van der Waals surface area (Å²) in [6.45, 7) is 3.69. The molecule has 6 heteroatoms. The molecule has 0 aromatic heterocycles. The predicted octanol–water partition coefficient (Wildman–Crippen LogP) is 3.72. The first-order chi connectivity index (χ1) is 8.90. The van der Waals surface area contributed by atoms with Crippen LogP contribution >= 0.6 is 11.8 Å². The van der Waals surface area contributed by atoms with Crippen molar-refractivity contribution in [3.05, 3.63) is 29.3 Å². The summed E-state index contributed by atoms with van der Waals surface area (Å²) in [4.78, 5) is 22.5. The lowest BCUT2D eigenvalue weighted by atomic mass is 10.1. The van der Waals surface area contributed by atoms with Crippen molar-refractivity contribution in [1.29, 1.82) is 0 Å². The maximum Gasteiger partial charge on any atom is 0.338 e. The lowest BCUT2D eigenvalue weighted by molar-refractivity contribution is -0.114. The van der Waals surface area contributed by atoms with Gasteiger partial charge >= 0.3 is 5.97 Å². The smallest absolute Gasteiger partial charge is 0.338 e. The van der Waals surface area contributed by atoms with Crippen molar-refractivity contribution in [1.82, 2.24) is 0 Å². The van der Waals surface area contributed by atoms with Crippen LogP contribution < -0.4 is 0 Å². The van der Waals surface area contributed by atoms with Gasteiger partial charge in [0.2, 0.25) is 0 Å². The first-order valence-corrected chi connectivity index (χ1v) is 6.66. The Morgan fingerprint density at radius 2 is 1.79 bits per heavy atom. The fourth-order valence-electron chi connectivity index (χ4n) is 1.58. The topological polar surface area (TPSA) is 54.4 Å². The summed E-state index contributed by atoms with van der Waals surface area (Å²) in [7, 11) is 0. The average Bonchev–Trinajstić information content (AvgIpc) is 2.33. The summed E-state index contributed by atoms with van der Waals surface area (Å²) in [5.74, 6) is -3.78. The molecule has 0 heterocycles. The van der Waals surface area contributed by atoms with Crippen LogP contribution in [0.5, 0.6) is 0 Å². The second-order valence-corrected chi connectivity index (χ2v) is 5.05. The van der Waals surface area contributed by atoms with Crippen LogP contribution in [0.1, 0.15) is 37.0 Å². The molecule has 104 valence electrons. The summed E-state index contributed by atoms with van der Waals surface area (Å²) in [6, 6.07) is 1.35. The van der Waals surface area contributed by atoms with Gasteiger partial charge in [-0.2, -0.15) is 0 Å². The number of hydrogen-bond acceptors (Lipinski definition) is 3. The molecule has 3 nitrogen and oxygen atoms in total. The van der Waals surface area contributed by atoms with Gasteiger partial charge in [-0.3, -0.25) is 4.79 Å². The molecule has 1 aromatic rings. The van der Waals surface area contributed by atoms with Gasteiger partial charge in [-0.05, 0) is 30.7 Å². The Balaban J connectivity index is 3.04. The Bertz CT molecular complexity index is 499. The van der Waals surface area contributed by atoms with Crippen LogP contribution in [0.2, 0.25) is 0 Å². The Hall–Kier alpha value is -1.43. The van der Waals surface area contributed by atoms with Crippen molar-refractivity contribution in [3.8, 4) is 0 Å². The van der Waals surface area contributed by atoms with Gasteiger partial charge in [-0.25, -0.2) is 13.6 Å². The molecule has 0 aliphatic rings. The van der Waals surface area contributed by atoms with Crippen molar-refractivity contribution in [2.24, 2.45) is 5.92 Å². The van der Waals surface area contributed by atoms with Gasteiger partial charge in [0.25, 0.3) is 0 Å². The minimum Gasteiger partial charge on any atom is -0.478 e. The van der Waals surface area contributed by atoms with E-state index in [2.05, 4.69) is 0 Å². The van der Waals surface area contributed by atoms with E-state index in [1.54, 1.807) is 0 Å². The molecular weight excluding hydrogens is 274 g/mol. The summed E-state index contributed by atoms with van der Waals surface area (Å²) in [5, 5.41) is 8.52. The minimum atomic E-state index is -1.49. The molecule has 0 amide bonds. The number of thioether (sulfide) groups is 1. The molecule has 0 bridgehead atoms. The standard InChI is InChI=1S/C13H14F2O3S/c1-3-7(4-2)13(18)19-11-5-8(12(16)17)9(14)6-10(11)15/h5-7H,3-4H2,1-2H3,(H,16,17). The highest BCUT2D eigenvalue weighted by molar-refractivity contribution is 8.13. The molecule has 0 unspecified atom stereocenters. The Kier molecular flexibility index (Phi) is 5.47. The molecule has 1 rings (SSSR count). The third kappa shape index (κ3) is 3.76. The Morgan fingerprint density at radius 1 is 1.21 bits per heavy atom. The van der Waals surface area contributed by atoms with E-state index in [9.17, 15) is 18.4 Å². The van der Waals surface area contributed by atoms with E-state index >= 15 is 0 Å². The summed E-state index contributed by atoms with van der Waals surface area (Å²) < 4.78 is 26.7. The van der Waals surface area contributed by atoms with E-state index in [-0.39, 0.29) is 15.9 Å². The van der Waals surface area contributed by atoms with E-state index in [0.717, 1.165) is 6.07 Å². The number of hydrogen-bond donors (Lipinski definition) is 1. The van der Waals surface area contributed by atoms with Crippen molar-refractivity contribution < 1.29 is 23.5 Å². The van der Waals surface area contributed by atoms with Gasteiger partial charge in [0.05, 0.1) is 10.5 Å². The fourth-order valence-corrected chi connectivity index (χ4v) is 2.63. The SMILES string of the molecule is CCC(CC)C(=O)Sc1cc(C(=O)O)c(F)cc1F. The van der Waals surface area contributed by atoms with Crippen LogP contribution in [0.4, 0.5) is 8.78 Å². The number of carbonyl (C=O) groups is 2. The zero-order chi connectivity index (χ0) is 14.6. The molecule has 0 fully saturated rings. The third-order valence-electron chi connectivity index (χ3n) is 2.78. The van der Waals surface area contributed by atoms with Crippen LogP contribution in [0, 0.1) is 17.6 Å². The zero-order valence-corrected chi connectivity index (χ0v) is 11.4. The number of carboxylic acid groups (broad SMARTS) is 1. The van der Waals surface area contributed by atoms with Crippen LogP contribution in [-0.2, 0) is 4.79 Å². The Labute approximate surface area is 114 Å². The second kappa shape index (κ2) is 6.65. The molecule has 0 saturated heterocycles. The van der Waals surface area contributed by atoms with Gasteiger partial charge in [-0.15, -0.1) is 0 Å². The molecule has 0 atom stereocenters. The number of rotatable bonds is 5. The van der Waals surface area contributed by atoms with Gasteiger partial charge in [0.1, 0.15) is 11.6 Å². The predicted molar refractivity (Wildman–Crippen MR) is 68.3 cm³/mol. The minimum absolute atomic E-state index is 0.157. The molecule has 1 aromatic carbocycles. The number of carbonyl (C=O) groups excluding carboxylic acids is 1. The monoisotopic (exact) mass is 288 g/mol. The quantitative estimate of drug-likeness (QED) is 0.839.